The van der Waals surface area contributed by atoms with Crippen molar-refractivity contribution in [3.8, 4) is 17.3 Å². The number of nitrogens with one attached hydrogen (secondary N) is 2. The fraction of sp³-hybridized carbons (Fsp3) is 0.658. The van der Waals surface area contributed by atoms with E-state index < -0.39 is 17.1 Å². The fourth-order valence-corrected chi connectivity index (χ4v) is 6.79. The summed E-state index contributed by atoms with van der Waals surface area (Å²) in [5.41, 5.74) is 1.59. The zero-order chi connectivity index (χ0) is 37.3. The first-order valence-electron chi connectivity index (χ1n) is 18.5. The SMILES string of the molecule is CC(C)[C@@H](OC(=O)C(C)(C)C)n1nnc(COC[C@H](C)NC2CCC(Cc3cc(-c4cccc(NCC5(C#N)CCOCC5)n4)c(Cl)cn3)CC2)n1. The van der Waals surface area contributed by atoms with E-state index in [1.54, 1.807) is 6.20 Å². The Labute approximate surface area is 312 Å². The second kappa shape index (κ2) is 17.9. The number of tetrazole rings is 1. The number of nitrogens with zero attached hydrogens (tertiary/aromatic N) is 7. The highest BCUT2D eigenvalue weighted by atomic mass is 35.5. The summed E-state index contributed by atoms with van der Waals surface area (Å²) < 4.78 is 17.1. The number of anilines is 1. The van der Waals surface area contributed by atoms with Crippen molar-refractivity contribution in [2.45, 2.75) is 111 Å². The lowest BCUT2D eigenvalue weighted by Crippen LogP contribution is -2.41. The molecule has 1 aliphatic heterocycles. The maximum Gasteiger partial charge on any atom is 0.313 e. The van der Waals surface area contributed by atoms with Gasteiger partial charge in [0.25, 0.3) is 0 Å². The van der Waals surface area contributed by atoms with Crippen LogP contribution in [-0.4, -0.2) is 74.6 Å². The first kappa shape index (κ1) is 39.5. The van der Waals surface area contributed by atoms with Gasteiger partial charge in [-0.25, -0.2) is 4.98 Å². The van der Waals surface area contributed by atoms with Crippen LogP contribution in [0.3, 0.4) is 0 Å². The third kappa shape index (κ3) is 10.9. The highest BCUT2D eigenvalue weighted by Crippen LogP contribution is 2.33. The Morgan fingerprint density at radius 3 is 2.62 bits per heavy atom. The Balaban J connectivity index is 1.05. The largest absolute Gasteiger partial charge is 0.437 e. The maximum atomic E-state index is 12.5. The molecule has 2 aliphatic rings. The normalized spacial score (nSPS) is 20.2. The lowest BCUT2D eigenvalue weighted by Gasteiger charge is -2.31. The number of esters is 1. The van der Waals surface area contributed by atoms with Crippen LogP contribution in [0.15, 0.2) is 30.5 Å². The molecule has 1 saturated heterocycles. The Kier molecular flexibility index (Phi) is 13.6. The van der Waals surface area contributed by atoms with E-state index in [0.717, 1.165) is 54.9 Å². The van der Waals surface area contributed by atoms with E-state index in [9.17, 15) is 10.1 Å². The smallest absolute Gasteiger partial charge is 0.313 e. The van der Waals surface area contributed by atoms with Crippen LogP contribution in [0.4, 0.5) is 5.82 Å². The lowest BCUT2D eigenvalue weighted by atomic mass is 9.82. The number of hydrogen-bond donors (Lipinski definition) is 2. The number of rotatable bonds is 15. The fourth-order valence-electron chi connectivity index (χ4n) is 6.59. The molecule has 4 heterocycles. The van der Waals surface area contributed by atoms with Crippen LogP contribution >= 0.6 is 11.6 Å². The molecule has 52 heavy (non-hydrogen) atoms. The molecule has 0 bridgehead atoms. The van der Waals surface area contributed by atoms with Crippen LogP contribution < -0.4 is 10.6 Å². The van der Waals surface area contributed by atoms with Crippen LogP contribution in [0, 0.1) is 34.0 Å². The molecular weight excluding hydrogens is 682 g/mol. The molecule has 3 aromatic rings. The van der Waals surface area contributed by atoms with E-state index in [4.69, 9.17) is 30.8 Å². The number of aromatic nitrogens is 6. The molecule has 3 aromatic heterocycles. The molecule has 1 saturated carbocycles. The molecular formula is C38H54ClN9O4. The molecule has 1 aliphatic carbocycles. The van der Waals surface area contributed by atoms with Crippen LogP contribution in [-0.2, 0) is 32.0 Å². The van der Waals surface area contributed by atoms with E-state index >= 15 is 0 Å². The summed E-state index contributed by atoms with van der Waals surface area (Å²) in [5.74, 6) is 1.37. The minimum atomic E-state index is -0.634. The number of nitriles is 1. The molecule has 0 radical (unpaired) electrons. The lowest BCUT2D eigenvalue weighted by molar-refractivity contribution is -0.169. The van der Waals surface area contributed by atoms with Gasteiger partial charge in [0.15, 0.2) is 0 Å². The monoisotopic (exact) mass is 735 g/mol. The second-order valence-electron chi connectivity index (χ2n) is 15.7. The predicted octanol–water partition coefficient (Wildman–Crippen LogP) is 6.56. The van der Waals surface area contributed by atoms with Crippen LogP contribution in [0.25, 0.3) is 11.3 Å². The third-order valence-corrected chi connectivity index (χ3v) is 10.1. The number of pyridine rings is 2. The Morgan fingerprint density at radius 2 is 1.92 bits per heavy atom. The van der Waals surface area contributed by atoms with Gasteiger partial charge in [0.2, 0.25) is 12.1 Å². The van der Waals surface area contributed by atoms with E-state index in [0.29, 0.717) is 62.0 Å². The molecule has 14 heteroatoms. The molecule has 0 spiro atoms. The summed E-state index contributed by atoms with van der Waals surface area (Å²) in [6, 6.07) is 11.0. The summed E-state index contributed by atoms with van der Waals surface area (Å²) >= 11 is 6.64. The standard InChI is InChI=1S/C38H54ClN9O4/c1-25(2)35(52-36(49)37(4,5)6)48-46-34(45-47-48)22-51-21-26(3)43-28-12-10-27(11-13-28)18-29-19-30(31(39)20-41-29)32-8-7-9-33(44-32)42-24-38(23-40)14-16-50-17-15-38/h7-9,19-20,25-28,35,43H,10-18,21-22,24H2,1-6H3,(H,42,44)/t26-,27?,28?,35+/m0/s1. The topological polar surface area (TPSA) is 162 Å². The van der Waals surface area contributed by atoms with Crippen molar-refractivity contribution in [3.63, 3.8) is 0 Å². The molecule has 282 valence electrons. The molecule has 2 N–H and O–H groups in total. The van der Waals surface area contributed by atoms with Gasteiger partial charge < -0.3 is 24.8 Å². The summed E-state index contributed by atoms with van der Waals surface area (Å²) in [6.45, 7) is 14.0. The zero-order valence-corrected chi connectivity index (χ0v) is 32.2. The van der Waals surface area contributed by atoms with Crippen molar-refractivity contribution in [3.05, 3.63) is 47.0 Å². The van der Waals surface area contributed by atoms with Crippen molar-refractivity contribution in [2.24, 2.45) is 22.7 Å². The van der Waals surface area contributed by atoms with Crippen LogP contribution in [0.5, 0.6) is 0 Å². The van der Waals surface area contributed by atoms with Crippen molar-refractivity contribution >= 4 is 23.4 Å². The quantitative estimate of drug-likeness (QED) is 0.162. The Bertz CT molecular complexity index is 1660. The molecule has 2 atom stereocenters. The van der Waals surface area contributed by atoms with E-state index in [2.05, 4.69) is 50.1 Å². The van der Waals surface area contributed by atoms with Gasteiger partial charge in [-0.05, 0) is 102 Å². The third-order valence-electron chi connectivity index (χ3n) is 9.80. The second-order valence-corrected chi connectivity index (χ2v) is 16.1. The molecule has 2 fully saturated rings. The Morgan fingerprint density at radius 1 is 1.17 bits per heavy atom. The first-order chi connectivity index (χ1) is 24.8. The zero-order valence-electron chi connectivity index (χ0n) is 31.4. The van der Waals surface area contributed by atoms with Crippen LogP contribution in [0.1, 0.15) is 97.8 Å². The molecule has 13 nitrogen and oxygen atoms in total. The first-order valence-corrected chi connectivity index (χ1v) is 18.9. The maximum absolute atomic E-state index is 12.5. The van der Waals surface area contributed by atoms with E-state index in [1.165, 1.54) is 4.80 Å². The van der Waals surface area contributed by atoms with Gasteiger partial charge in [-0.3, -0.25) is 9.78 Å². The van der Waals surface area contributed by atoms with Gasteiger partial charge in [0.05, 0.1) is 34.2 Å². The number of ether oxygens (including phenoxy) is 3. The van der Waals surface area contributed by atoms with Crippen molar-refractivity contribution in [2.75, 3.05) is 31.7 Å². The van der Waals surface area contributed by atoms with Gasteiger partial charge >= 0.3 is 5.97 Å². The minimum Gasteiger partial charge on any atom is -0.437 e. The number of hydrogen-bond acceptors (Lipinski definition) is 12. The molecule has 0 amide bonds. The van der Waals surface area contributed by atoms with Gasteiger partial charge in [-0.2, -0.15) is 5.26 Å². The van der Waals surface area contributed by atoms with E-state index in [1.807, 2.05) is 52.8 Å². The number of halogens is 1. The average molecular weight is 736 g/mol. The molecule has 0 unspecified atom stereocenters. The van der Waals surface area contributed by atoms with Gasteiger partial charge in [0.1, 0.15) is 12.4 Å². The van der Waals surface area contributed by atoms with Crippen LogP contribution in [0.2, 0.25) is 5.02 Å². The minimum absolute atomic E-state index is 0.0238. The van der Waals surface area contributed by atoms with Crippen molar-refractivity contribution in [1.29, 1.82) is 5.26 Å². The van der Waals surface area contributed by atoms with Gasteiger partial charge in [-0.1, -0.05) is 31.5 Å². The number of carbonyl (C=O) groups excluding carboxylic acids is 1. The van der Waals surface area contributed by atoms with Gasteiger partial charge in [-0.15, -0.1) is 15.0 Å². The van der Waals surface area contributed by atoms with Crippen molar-refractivity contribution < 1.29 is 19.0 Å². The molecule has 5 rings (SSSR count). The van der Waals surface area contributed by atoms with Crippen molar-refractivity contribution in [1.82, 2.24) is 35.5 Å². The average Bonchev–Trinajstić information content (AvgIpc) is 3.59. The molecule has 0 aromatic carbocycles. The summed E-state index contributed by atoms with van der Waals surface area (Å²) in [4.78, 5) is 23.3. The predicted molar refractivity (Wildman–Crippen MR) is 198 cm³/mol. The Hall–Kier alpha value is -3.70. The van der Waals surface area contributed by atoms with Gasteiger partial charge in [0, 0.05) is 55.2 Å². The highest BCUT2D eigenvalue weighted by molar-refractivity contribution is 6.33. The number of carbonyl (C=O) groups is 1. The summed E-state index contributed by atoms with van der Waals surface area (Å²) in [7, 11) is 0. The summed E-state index contributed by atoms with van der Waals surface area (Å²) in [6.07, 6.45) is 7.80. The summed E-state index contributed by atoms with van der Waals surface area (Å²) in [5, 5.41) is 30.2. The van der Waals surface area contributed by atoms with E-state index in [-0.39, 0.29) is 24.5 Å². The highest BCUT2D eigenvalue weighted by Gasteiger charge is 2.33.